The number of aromatic nitrogens is 1. The van der Waals surface area contributed by atoms with Crippen LogP contribution in [0.3, 0.4) is 0 Å². The number of nitrogens with one attached hydrogen (secondary N) is 1. The summed E-state index contributed by atoms with van der Waals surface area (Å²) in [4.78, 5) is 7.38. The second-order valence-electron chi connectivity index (χ2n) is 6.81. The molecule has 0 radical (unpaired) electrons. The summed E-state index contributed by atoms with van der Waals surface area (Å²) >= 11 is 13.7. The summed E-state index contributed by atoms with van der Waals surface area (Å²) in [6.45, 7) is 4.35. The van der Waals surface area contributed by atoms with Crippen molar-refractivity contribution >= 4 is 46.6 Å². The fraction of sp³-hybridized carbons (Fsp3) is 0.182. The van der Waals surface area contributed by atoms with Crippen LogP contribution in [0.15, 0.2) is 71.9 Å². The van der Waals surface area contributed by atoms with E-state index in [0.717, 1.165) is 21.2 Å². The first-order chi connectivity index (χ1) is 13.6. The number of anilines is 1. The van der Waals surface area contributed by atoms with Gasteiger partial charge < -0.3 is 9.62 Å². The number of rotatable bonds is 4. The Morgan fingerprint density at radius 1 is 1.07 bits per heavy atom. The average Bonchev–Trinajstić information content (AvgIpc) is 2.73. The van der Waals surface area contributed by atoms with E-state index >= 15 is 0 Å². The molecule has 0 aliphatic carbocycles. The number of hydrogen-bond donors (Lipinski definition) is 1. The molecule has 142 valence electrons. The highest BCUT2D eigenvalue weighted by molar-refractivity contribution is 7.99. The van der Waals surface area contributed by atoms with Gasteiger partial charge in [-0.2, -0.15) is 0 Å². The molecule has 2 atom stereocenters. The summed E-state index contributed by atoms with van der Waals surface area (Å²) in [5.74, 6) is 0.280. The van der Waals surface area contributed by atoms with Crippen molar-refractivity contribution in [3.8, 4) is 0 Å². The number of nitrogens with zero attached hydrogens (tertiary/aromatic N) is 2. The van der Waals surface area contributed by atoms with Crippen molar-refractivity contribution in [1.82, 2.24) is 9.71 Å². The van der Waals surface area contributed by atoms with Crippen LogP contribution in [0, 0.1) is 0 Å². The van der Waals surface area contributed by atoms with Crippen LogP contribution in [-0.2, 0) is 0 Å². The molecule has 0 spiro atoms. The Morgan fingerprint density at radius 3 is 2.64 bits per heavy atom. The summed E-state index contributed by atoms with van der Waals surface area (Å²) in [6.07, 6.45) is 3.65. The van der Waals surface area contributed by atoms with Gasteiger partial charge in [-0.15, -0.1) is 0 Å². The number of thiocarbonyl (C=S) groups is 1. The number of benzene rings is 2. The molecular weight excluding hydrogens is 406 g/mol. The first kappa shape index (κ1) is 19.2. The monoisotopic (exact) mass is 425 g/mol. The molecule has 1 aromatic heterocycles. The molecule has 4 rings (SSSR count). The van der Waals surface area contributed by atoms with Crippen LogP contribution < -0.4 is 9.62 Å². The molecule has 0 amide bonds. The van der Waals surface area contributed by atoms with Gasteiger partial charge in [0.05, 0.1) is 16.6 Å². The molecule has 6 heteroatoms. The second kappa shape index (κ2) is 8.11. The van der Waals surface area contributed by atoms with Crippen molar-refractivity contribution in [2.24, 2.45) is 0 Å². The molecule has 1 aliphatic heterocycles. The topological polar surface area (TPSA) is 28.2 Å². The minimum absolute atomic E-state index is 0.0162. The van der Waals surface area contributed by atoms with Crippen LogP contribution >= 0.6 is 35.8 Å². The van der Waals surface area contributed by atoms with Gasteiger partial charge in [0.25, 0.3) is 0 Å². The molecule has 2 aromatic carbocycles. The van der Waals surface area contributed by atoms with Crippen molar-refractivity contribution in [2.45, 2.75) is 30.7 Å². The maximum Gasteiger partial charge on any atom is 0.184 e. The number of pyridine rings is 1. The summed E-state index contributed by atoms with van der Waals surface area (Å²) in [7, 11) is 0. The quantitative estimate of drug-likeness (QED) is 0.388. The van der Waals surface area contributed by atoms with Gasteiger partial charge in [0.15, 0.2) is 5.11 Å². The van der Waals surface area contributed by atoms with Crippen LogP contribution in [0.1, 0.15) is 42.5 Å². The normalized spacial score (nSPS) is 15.5. The third kappa shape index (κ3) is 3.62. The SMILES string of the molecule is CC(c1ccccc1)c1ccc(Cl)c(C(C)N2C(=S)NSc3cnccc32)c1. The molecule has 0 saturated heterocycles. The highest BCUT2D eigenvalue weighted by atomic mass is 35.5. The van der Waals surface area contributed by atoms with Gasteiger partial charge in [0.1, 0.15) is 0 Å². The Bertz CT molecular complexity index is 1010. The lowest BCUT2D eigenvalue weighted by molar-refractivity contribution is 0.774. The molecule has 1 N–H and O–H groups in total. The smallest absolute Gasteiger partial charge is 0.184 e. The first-order valence-electron chi connectivity index (χ1n) is 9.10. The van der Waals surface area contributed by atoms with E-state index in [1.165, 1.54) is 23.1 Å². The van der Waals surface area contributed by atoms with Crippen LogP contribution in [0.25, 0.3) is 0 Å². The van der Waals surface area contributed by atoms with Crippen LogP contribution in [0.4, 0.5) is 5.69 Å². The van der Waals surface area contributed by atoms with E-state index in [1.807, 2.05) is 24.4 Å². The molecule has 2 heterocycles. The van der Waals surface area contributed by atoms with Gasteiger partial charge >= 0.3 is 0 Å². The second-order valence-corrected chi connectivity index (χ2v) is 8.45. The van der Waals surface area contributed by atoms with E-state index in [2.05, 4.69) is 64.9 Å². The number of halogens is 1. The Kier molecular flexibility index (Phi) is 5.58. The van der Waals surface area contributed by atoms with Gasteiger partial charge in [-0.05, 0) is 59.9 Å². The Morgan fingerprint density at radius 2 is 1.86 bits per heavy atom. The molecule has 2 unspecified atom stereocenters. The van der Waals surface area contributed by atoms with Crippen molar-refractivity contribution in [1.29, 1.82) is 0 Å². The molecular formula is C22H20ClN3S2. The van der Waals surface area contributed by atoms with Crippen molar-refractivity contribution in [3.05, 3.63) is 88.7 Å². The third-order valence-electron chi connectivity index (χ3n) is 5.15. The maximum absolute atomic E-state index is 6.63. The zero-order chi connectivity index (χ0) is 19.7. The van der Waals surface area contributed by atoms with Gasteiger partial charge in [-0.25, -0.2) is 0 Å². The maximum atomic E-state index is 6.63. The Labute approximate surface area is 180 Å². The summed E-state index contributed by atoms with van der Waals surface area (Å²) in [5.41, 5.74) is 4.62. The minimum atomic E-state index is -0.0162. The predicted molar refractivity (Wildman–Crippen MR) is 122 cm³/mol. The lowest BCUT2D eigenvalue weighted by Crippen LogP contribution is -2.41. The third-order valence-corrected chi connectivity index (χ3v) is 6.75. The highest BCUT2D eigenvalue weighted by Crippen LogP contribution is 2.40. The van der Waals surface area contributed by atoms with Crippen molar-refractivity contribution in [2.75, 3.05) is 4.90 Å². The largest absolute Gasteiger partial charge is 0.310 e. The standard InChI is InChI=1S/C22H20ClN3S2/c1-14(16-6-4-3-5-7-16)17-8-9-19(23)18(12-17)15(2)26-20-10-11-24-13-21(20)28-25-22(26)27/h3-15H,1-2H3,(H,25,27). The zero-order valence-corrected chi connectivity index (χ0v) is 18.0. The molecule has 28 heavy (non-hydrogen) atoms. The van der Waals surface area contributed by atoms with Crippen molar-refractivity contribution < 1.29 is 0 Å². The van der Waals surface area contributed by atoms with Gasteiger partial charge in [-0.1, -0.05) is 61.0 Å². The summed E-state index contributed by atoms with van der Waals surface area (Å²) in [5, 5.41) is 1.42. The van der Waals surface area contributed by atoms with Gasteiger partial charge in [0, 0.05) is 23.3 Å². The van der Waals surface area contributed by atoms with Gasteiger partial charge in [0.2, 0.25) is 0 Å². The average molecular weight is 426 g/mol. The fourth-order valence-electron chi connectivity index (χ4n) is 3.52. The van der Waals surface area contributed by atoms with Gasteiger partial charge in [-0.3, -0.25) is 4.98 Å². The van der Waals surface area contributed by atoms with E-state index in [0.29, 0.717) is 5.11 Å². The minimum Gasteiger partial charge on any atom is -0.310 e. The van der Waals surface area contributed by atoms with Crippen LogP contribution in [0.2, 0.25) is 5.02 Å². The van der Waals surface area contributed by atoms with E-state index < -0.39 is 0 Å². The van der Waals surface area contributed by atoms with Crippen molar-refractivity contribution in [3.63, 3.8) is 0 Å². The Balaban J connectivity index is 1.72. The summed E-state index contributed by atoms with van der Waals surface area (Å²) in [6, 6.07) is 18.8. The zero-order valence-electron chi connectivity index (χ0n) is 15.6. The van der Waals surface area contributed by atoms with Crippen LogP contribution in [-0.4, -0.2) is 10.1 Å². The lowest BCUT2D eigenvalue weighted by atomic mass is 9.91. The van der Waals surface area contributed by atoms with Crippen LogP contribution in [0.5, 0.6) is 0 Å². The number of fused-ring (bicyclic) bond motifs is 1. The number of hydrogen-bond acceptors (Lipinski definition) is 3. The summed E-state index contributed by atoms with van der Waals surface area (Å²) < 4.78 is 3.21. The molecule has 0 fully saturated rings. The van der Waals surface area contributed by atoms with E-state index in [1.54, 1.807) is 6.20 Å². The lowest BCUT2D eigenvalue weighted by Gasteiger charge is -2.36. The van der Waals surface area contributed by atoms with E-state index in [9.17, 15) is 0 Å². The first-order valence-corrected chi connectivity index (χ1v) is 10.7. The van der Waals surface area contributed by atoms with E-state index in [-0.39, 0.29) is 12.0 Å². The molecule has 1 aliphatic rings. The molecule has 0 saturated carbocycles. The molecule has 0 bridgehead atoms. The Hall–Kier alpha value is -2.08. The predicted octanol–water partition coefficient (Wildman–Crippen LogP) is 6.35. The highest BCUT2D eigenvalue weighted by Gasteiger charge is 2.28. The fourth-order valence-corrected chi connectivity index (χ4v) is 4.85. The molecule has 3 aromatic rings. The van der Waals surface area contributed by atoms with E-state index in [4.69, 9.17) is 23.8 Å². The molecule has 3 nitrogen and oxygen atoms in total.